The Morgan fingerprint density at radius 3 is 2.88 bits per heavy atom. The summed E-state index contributed by atoms with van der Waals surface area (Å²) >= 11 is 0. The van der Waals surface area contributed by atoms with Crippen LogP contribution in [0.5, 0.6) is 0 Å². The molecule has 0 bridgehead atoms. The van der Waals surface area contributed by atoms with E-state index in [4.69, 9.17) is 0 Å². The maximum Gasteiger partial charge on any atom is 0.416 e. The highest BCUT2D eigenvalue weighted by atomic mass is 19.4. The number of rotatable bonds is 3. The molecule has 1 aliphatic heterocycles. The monoisotopic (exact) mass is 337 g/mol. The first-order chi connectivity index (χ1) is 11.4. The van der Waals surface area contributed by atoms with Crippen molar-refractivity contribution in [2.24, 2.45) is 5.92 Å². The smallest absolute Gasteiger partial charge is 0.339 e. The molecule has 8 heteroatoms. The zero-order valence-electron chi connectivity index (χ0n) is 13.2. The summed E-state index contributed by atoms with van der Waals surface area (Å²) in [6.07, 6.45) is -0.740. The molecule has 0 saturated carbocycles. The molecule has 3 rings (SSSR count). The highest BCUT2D eigenvalue weighted by Crippen LogP contribution is 2.31. The van der Waals surface area contributed by atoms with Crippen LogP contribution in [0.15, 0.2) is 30.5 Å². The van der Waals surface area contributed by atoms with Crippen LogP contribution >= 0.6 is 0 Å². The number of benzene rings is 1. The Bertz CT molecular complexity index is 704. The standard InChI is InChI=1S/C16H18F3N5/c1-11-4-3-7-24(10-11)15-22-14(9-20-23-15)21-13-6-2-5-12(8-13)16(17,18)19/h2,5-6,8-9,11H,3-4,7,10H2,1H3,(H,21,22,23). The summed E-state index contributed by atoms with van der Waals surface area (Å²) < 4.78 is 38.3. The molecule has 1 fully saturated rings. The summed E-state index contributed by atoms with van der Waals surface area (Å²) in [5, 5.41) is 10.8. The van der Waals surface area contributed by atoms with Crippen molar-refractivity contribution in [1.29, 1.82) is 0 Å². The van der Waals surface area contributed by atoms with E-state index in [2.05, 4.69) is 32.3 Å². The van der Waals surface area contributed by atoms with Gasteiger partial charge in [0.15, 0.2) is 5.82 Å². The minimum atomic E-state index is -4.38. The fourth-order valence-corrected chi connectivity index (χ4v) is 2.78. The largest absolute Gasteiger partial charge is 0.416 e. The number of nitrogens with zero attached hydrogens (tertiary/aromatic N) is 4. The Kier molecular flexibility index (Phi) is 4.55. The number of anilines is 3. The molecule has 1 atom stereocenters. The van der Waals surface area contributed by atoms with Crippen LogP contribution in [0, 0.1) is 5.92 Å². The van der Waals surface area contributed by atoms with Gasteiger partial charge in [0.25, 0.3) is 0 Å². The van der Waals surface area contributed by atoms with Gasteiger partial charge in [-0.15, -0.1) is 5.10 Å². The normalized spacial score (nSPS) is 18.5. The molecular weight excluding hydrogens is 319 g/mol. The molecule has 24 heavy (non-hydrogen) atoms. The zero-order valence-corrected chi connectivity index (χ0v) is 13.2. The lowest BCUT2D eigenvalue weighted by Crippen LogP contribution is -2.35. The molecule has 0 spiro atoms. The Labute approximate surface area is 137 Å². The van der Waals surface area contributed by atoms with Gasteiger partial charge in [0.05, 0.1) is 11.8 Å². The molecule has 1 aromatic heterocycles. The van der Waals surface area contributed by atoms with Crippen molar-refractivity contribution in [3.05, 3.63) is 36.0 Å². The number of halogens is 3. The lowest BCUT2D eigenvalue weighted by atomic mass is 10.0. The van der Waals surface area contributed by atoms with Gasteiger partial charge in [0, 0.05) is 18.8 Å². The third kappa shape index (κ3) is 3.93. The number of hydrogen-bond acceptors (Lipinski definition) is 5. The van der Waals surface area contributed by atoms with E-state index in [1.54, 1.807) is 6.07 Å². The molecule has 0 amide bonds. The fourth-order valence-electron chi connectivity index (χ4n) is 2.78. The van der Waals surface area contributed by atoms with Gasteiger partial charge in [-0.1, -0.05) is 13.0 Å². The molecule has 2 heterocycles. The van der Waals surface area contributed by atoms with Crippen LogP contribution in [0.4, 0.5) is 30.6 Å². The van der Waals surface area contributed by atoms with Gasteiger partial charge < -0.3 is 10.2 Å². The van der Waals surface area contributed by atoms with E-state index >= 15 is 0 Å². The Morgan fingerprint density at radius 2 is 2.12 bits per heavy atom. The fraction of sp³-hybridized carbons (Fsp3) is 0.438. The van der Waals surface area contributed by atoms with Crippen molar-refractivity contribution >= 4 is 17.5 Å². The van der Waals surface area contributed by atoms with Gasteiger partial charge in [-0.05, 0) is 37.0 Å². The number of hydrogen-bond donors (Lipinski definition) is 1. The second-order valence-electron chi connectivity index (χ2n) is 6.04. The summed E-state index contributed by atoms with van der Waals surface area (Å²) in [5.74, 6) is 1.43. The first-order valence-electron chi connectivity index (χ1n) is 7.81. The highest BCUT2D eigenvalue weighted by Gasteiger charge is 2.30. The van der Waals surface area contributed by atoms with E-state index in [0.717, 1.165) is 31.6 Å². The van der Waals surface area contributed by atoms with Gasteiger partial charge in [0.1, 0.15) is 0 Å². The van der Waals surface area contributed by atoms with Crippen molar-refractivity contribution in [3.8, 4) is 0 Å². The van der Waals surface area contributed by atoms with Crippen molar-refractivity contribution in [2.45, 2.75) is 25.9 Å². The van der Waals surface area contributed by atoms with Crippen LogP contribution in [-0.4, -0.2) is 28.3 Å². The van der Waals surface area contributed by atoms with E-state index in [1.807, 2.05) is 0 Å². The predicted octanol–water partition coefficient (Wildman–Crippen LogP) is 3.87. The Balaban J connectivity index is 1.77. The first kappa shape index (κ1) is 16.5. The van der Waals surface area contributed by atoms with Crippen LogP contribution in [0.3, 0.4) is 0 Å². The maximum atomic E-state index is 12.8. The van der Waals surface area contributed by atoms with Crippen LogP contribution in [0.25, 0.3) is 0 Å². The third-order valence-corrected chi connectivity index (χ3v) is 3.95. The molecule has 1 N–H and O–H groups in total. The maximum absolute atomic E-state index is 12.8. The molecule has 0 radical (unpaired) electrons. The van der Waals surface area contributed by atoms with Gasteiger partial charge in [-0.2, -0.15) is 23.3 Å². The minimum absolute atomic E-state index is 0.309. The lowest BCUT2D eigenvalue weighted by Gasteiger charge is -2.30. The van der Waals surface area contributed by atoms with Crippen LogP contribution in [-0.2, 0) is 6.18 Å². The number of aromatic nitrogens is 3. The van der Waals surface area contributed by atoms with Gasteiger partial charge >= 0.3 is 6.18 Å². The van der Waals surface area contributed by atoms with Crippen LogP contribution in [0.2, 0.25) is 0 Å². The van der Waals surface area contributed by atoms with Crippen LogP contribution < -0.4 is 10.2 Å². The second-order valence-corrected chi connectivity index (χ2v) is 6.04. The zero-order chi connectivity index (χ0) is 17.2. The van der Waals surface area contributed by atoms with E-state index < -0.39 is 11.7 Å². The summed E-state index contributed by atoms with van der Waals surface area (Å²) in [5.41, 5.74) is -0.400. The lowest BCUT2D eigenvalue weighted by molar-refractivity contribution is -0.137. The van der Waals surface area contributed by atoms with Gasteiger partial charge in [0.2, 0.25) is 5.95 Å². The molecule has 2 aromatic rings. The predicted molar refractivity (Wildman–Crippen MR) is 85.2 cm³/mol. The summed E-state index contributed by atoms with van der Waals surface area (Å²) in [7, 11) is 0. The quantitative estimate of drug-likeness (QED) is 0.921. The molecule has 0 aliphatic carbocycles. The van der Waals surface area contributed by atoms with E-state index in [0.29, 0.717) is 23.4 Å². The molecule has 1 aromatic carbocycles. The molecule has 128 valence electrons. The highest BCUT2D eigenvalue weighted by molar-refractivity contribution is 5.57. The molecule has 1 aliphatic rings. The minimum Gasteiger partial charge on any atom is -0.339 e. The summed E-state index contributed by atoms with van der Waals surface area (Å²) in [6.45, 7) is 3.89. The van der Waals surface area contributed by atoms with Crippen LogP contribution in [0.1, 0.15) is 25.3 Å². The van der Waals surface area contributed by atoms with Crippen molar-refractivity contribution in [2.75, 3.05) is 23.3 Å². The van der Waals surface area contributed by atoms with Gasteiger partial charge in [-0.3, -0.25) is 0 Å². The molecule has 1 saturated heterocycles. The summed E-state index contributed by atoms with van der Waals surface area (Å²) in [4.78, 5) is 6.43. The summed E-state index contributed by atoms with van der Waals surface area (Å²) in [6, 6.07) is 4.99. The van der Waals surface area contributed by atoms with E-state index in [-0.39, 0.29) is 0 Å². The average Bonchev–Trinajstić information content (AvgIpc) is 2.55. The third-order valence-electron chi connectivity index (χ3n) is 3.95. The van der Waals surface area contributed by atoms with Gasteiger partial charge in [-0.25, -0.2) is 0 Å². The number of piperidine rings is 1. The second kappa shape index (κ2) is 6.62. The SMILES string of the molecule is CC1CCCN(c2nncc(Nc3cccc(C(F)(F)F)c3)n2)C1. The van der Waals surface area contributed by atoms with Crippen molar-refractivity contribution in [3.63, 3.8) is 0 Å². The van der Waals surface area contributed by atoms with E-state index in [9.17, 15) is 13.2 Å². The molecule has 1 unspecified atom stereocenters. The van der Waals surface area contributed by atoms with Crippen molar-refractivity contribution in [1.82, 2.24) is 15.2 Å². The molecule has 5 nitrogen and oxygen atoms in total. The first-order valence-corrected chi connectivity index (χ1v) is 7.81. The average molecular weight is 337 g/mol. The van der Waals surface area contributed by atoms with Crippen molar-refractivity contribution < 1.29 is 13.2 Å². The van der Waals surface area contributed by atoms with E-state index in [1.165, 1.54) is 18.7 Å². The Morgan fingerprint density at radius 1 is 1.29 bits per heavy atom. The molecular formula is C16H18F3N5. The topological polar surface area (TPSA) is 53.9 Å². The number of alkyl halides is 3. The Hall–Kier alpha value is -2.38. The number of nitrogens with one attached hydrogen (secondary N) is 1.